The summed E-state index contributed by atoms with van der Waals surface area (Å²) in [6, 6.07) is 23.9. The number of rotatable bonds is 10. The van der Waals surface area contributed by atoms with Crippen LogP contribution in [0, 0.1) is 0 Å². The van der Waals surface area contributed by atoms with Crippen molar-refractivity contribution in [2.45, 2.75) is 0 Å². The van der Waals surface area contributed by atoms with Crippen molar-refractivity contribution in [1.82, 2.24) is 4.90 Å². The maximum absolute atomic E-state index is 12.7. The van der Waals surface area contributed by atoms with Crippen molar-refractivity contribution >= 4 is 23.2 Å². The summed E-state index contributed by atoms with van der Waals surface area (Å²) in [5, 5.41) is 5.92. The molecule has 2 amide bonds. The number of amides is 2. The molecule has 3 aromatic carbocycles. The van der Waals surface area contributed by atoms with E-state index < -0.39 is 0 Å². The van der Waals surface area contributed by atoms with E-state index in [0.29, 0.717) is 50.8 Å². The summed E-state index contributed by atoms with van der Waals surface area (Å²) in [4.78, 5) is 26.8. The lowest BCUT2D eigenvalue weighted by molar-refractivity contribution is -0.114. The Bertz CT molecular complexity index is 1100. The van der Waals surface area contributed by atoms with Crippen LogP contribution in [0.25, 0.3) is 0 Å². The highest BCUT2D eigenvalue weighted by Crippen LogP contribution is 2.17. The van der Waals surface area contributed by atoms with Gasteiger partial charge in [-0.15, -0.1) is 0 Å². The summed E-state index contributed by atoms with van der Waals surface area (Å²) in [7, 11) is 0. The van der Waals surface area contributed by atoms with Gasteiger partial charge in [0.2, 0.25) is 5.91 Å². The summed E-state index contributed by atoms with van der Waals surface area (Å²) in [5.74, 6) is 1.26. The Morgan fingerprint density at radius 2 is 1.49 bits per heavy atom. The maximum atomic E-state index is 12.7. The highest BCUT2D eigenvalue weighted by Gasteiger charge is 2.18. The molecule has 0 unspecified atom stereocenters. The van der Waals surface area contributed by atoms with Crippen LogP contribution in [0.4, 0.5) is 11.4 Å². The monoisotopic (exact) mass is 475 g/mol. The second kappa shape index (κ2) is 12.4. The molecule has 1 saturated heterocycles. The molecule has 1 aliphatic rings. The molecule has 0 aromatic heterocycles. The van der Waals surface area contributed by atoms with Crippen LogP contribution in [0.2, 0.25) is 0 Å². The quantitative estimate of drug-likeness (QED) is 0.435. The van der Waals surface area contributed by atoms with Gasteiger partial charge in [-0.2, -0.15) is 0 Å². The van der Waals surface area contributed by atoms with Gasteiger partial charge in [0, 0.05) is 30.0 Å². The molecule has 1 heterocycles. The first kappa shape index (κ1) is 24.1. The summed E-state index contributed by atoms with van der Waals surface area (Å²) < 4.78 is 16.6. The van der Waals surface area contributed by atoms with Crippen molar-refractivity contribution in [2.75, 3.05) is 56.7 Å². The Kier molecular flexibility index (Phi) is 8.56. The maximum Gasteiger partial charge on any atom is 0.254 e. The van der Waals surface area contributed by atoms with Gasteiger partial charge in [-0.05, 0) is 54.6 Å². The molecule has 35 heavy (non-hydrogen) atoms. The molecule has 0 saturated carbocycles. The third-order valence-corrected chi connectivity index (χ3v) is 5.36. The van der Waals surface area contributed by atoms with Crippen LogP contribution in [-0.4, -0.2) is 62.8 Å². The molecule has 0 aliphatic carbocycles. The number of anilines is 2. The Morgan fingerprint density at radius 3 is 2.20 bits per heavy atom. The molecule has 2 N–H and O–H groups in total. The minimum absolute atomic E-state index is 0.0588. The number of ether oxygens (including phenoxy) is 3. The van der Waals surface area contributed by atoms with Gasteiger partial charge < -0.3 is 29.7 Å². The van der Waals surface area contributed by atoms with Crippen LogP contribution in [0.5, 0.6) is 11.5 Å². The van der Waals surface area contributed by atoms with Crippen LogP contribution < -0.4 is 20.1 Å². The Hall–Kier alpha value is -4.04. The Labute approximate surface area is 204 Å². The number of morpholine rings is 1. The van der Waals surface area contributed by atoms with Crippen molar-refractivity contribution in [3.05, 3.63) is 84.4 Å². The van der Waals surface area contributed by atoms with Crippen molar-refractivity contribution in [1.29, 1.82) is 0 Å². The lowest BCUT2D eigenvalue weighted by Gasteiger charge is -2.27. The molecule has 8 heteroatoms. The lowest BCUT2D eigenvalue weighted by Crippen LogP contribution is -2.40. The van der Waals surface area contributed by atoms with E-state index in [4.69, 9.17) is 14.2 Å². The molecule has 0 radical (unpaired) electrons. The predicted molar refractivity (Wildman–Crippen MR) is 134 cm³/mol. The zero-order valence-corrected chi connectivity index (χ0v) is 19.4. The fourth-order valence-electron chi connectivity index (χ4n) is 3.57. The lowest BCUT2D eigenvalue weighted by atomic mass is 10.1. The predicted octanol–water partition coefficient (Wildman–Crippen LogP) is 3.67. The van der Waals surface area contributed by atoms with Gasteiger partial charge in [0.1, 0.15) is 24.7 Å². The summed E-state index contributed by atoms with van der Waals surface area (Å²) in [5.41, 5.74) is 1.92. The van der Waals surface area contributed by atoms with Gasteiger partial charge in [0.25, 0.3) is 5.91 Å². The van der Waals surface area contributed by atoms with Gasteiger partial charge >= 0.3 is 0 Å². The molecule has 0 atom stereocenters. The molecule has 182 valence electrons. The topological polar surface area (TPSA) is 89.1 Å². The van der Waals surface area contributed by atoms with E-state index in [9.17, 15) is 9.59 Å². The highest BCUT2D eigenvalue weighted by atomic mass is 16.5. The molecule has 0 bridgehead atoms. The molecule has 1 aliphatic heterocycles. The number of benzene rings is 3. The van der Waals surface area contributed by atoms with Gasteiger partial charge in [-0.25, -0.2) is 0 Å². The molecule has 3 aromatic rings. The first-order valence-electron chi connectivity index (χ1n) is 11.6. The van der Waals surface area contributed by atoms with E-state index in [2.05, 4.69) is 10.6 Å². The smallest absolute Gasteiger partial charge is 0.254 e. The van der Waals surface area contributed by atoms with Crippen molar-refractivity contribution in [3.63, 3.8) is 0 Å². The van der Waals surface area contributed by atoms with Crippen LogP contribution in [0.1, 0.15) is 10.4 Å². The third kappa shape index (κ3) is 7.48. The van der Waals surface area contributed by atoms with Crippen LogP contribution in [0.15, 0.2) is 78.9 Å². The van der Waals surface area contributed by atoms with E-state index in [1.54, 1.807) is 29.2 Å². The summed E-state index contributed by atoms with van der Waals surface area (Å²) in [6.45, 7) is 3.20. The standard InChI is InChI=1S/C27H29N3O5/c31-26(29-23-6-4-5-21(19-23)27(32)30-13-15-33-16-14-30)20-28-22-9-11-25(12-10-22)35-18-17-34-24-7-2-1-3-8-24/h1-12,19,28H,13-18,20H2,(H,29,31). The molecule has 0 spiro atoms. The second-order valence-corrected chi connectivity index (χ2v) is 7.92. The van der Waals surface area contributed by atoms with Gasteiger partial charge in [0.05, 0.1) is 19.8 Å². The second-order valence-electron chi connectivity index (χ2n) is 7.92. The molecule has 1 fully saturated rings. The Morgan fingerprint density at radius 1 is 0.800 bits per heavy atom. The van der Waals surface area contributed by atoms with E-state index in [-0.39, 0.29) is 18.4 Å². The van der Waals surface area contributed by atoms with Crippen molar-refractivity contribution in [2.24, 2.45) is 0 Å². The number of hydrogen-bond donors (Lipinski definition) is 2. The molecular formula is C27H29N3O5. The summed E-state index contributed by atoms with van der Waals surface area (Å²) >= 11 is 0. The first-order chi connectivity index (χ1) is 17.2. The highest BCUT2D eigenvalue weighted by molar-refractivity contribution is 5.98. The largest absolute Gasteiger partial charge is 0.490 e. The van der Waals surface area contributed by atoms with E-state index in [1.807, 2.05) is 54.6 Å². The first-order valence-corrected chi connectivity index (χ1v) is 11.6. The third-order valence-electron chi connectivity index (χ3n) is 5.36. The average Bonchev–Trinajstić information content (AvgIpc) is 2.91. The minimum atomic E-state index is -0.209. The van der Waals surface area contributed by atoms with Crippen LogP contribution in [0.3, 0.4) is 0 Å². The van der Waals surface area contributed by atoms with Gasteiger partial charge in [0.15, 0.2) is 0 Å². The molecule has 4 rings (SSSR count). The van der Waals surface area contributed by atoms with Crippen LogP contribution >= 0.6 is 0 Å². The van der Waals surface area contributed by atoms with Gasteiger partial charge in [-0.3, -0.25) is 9.59 Å². The van der Waals surface area contributed by atoms with Crippen molar-refractivity contribution in [3.8, 4) is 11.5 Å². The molecule has 8 nitrogen and oxygen atoms in total. The zero-order chi connectivity index (χ0) is 24.3. The molecular weight excluding hydrogens is 446 g/mol. The number of carbonyl (C=O) groups excluding carboxylic acids is 2. The van der Waals surface area contributed by atoms with E-state index in [1.165, 1.54) is 0 Å². The van der Waals surface area contributed by atoms with Crippen molar-refractivity contribution < 1.29 is 23.8 Å². The zero-order valence-electron chi connectivity index (χ0n) is 19.4. The average molecular weight is 476 g/mol. The number of carbonyl (C=O) groups is 2. The number of nitrogens with one attached hydrogen (secondary N) is 2. The Balaban J connectivity index is 1.19. The number of nitrogens with zero attached hydrogens (tertiary/aromatic N) is 1. The number of para-hydroxylation sites is 1. The van der Waals surface area contributed by atoms with E-state index >= 15 is 0 Å². The fourth-order valence-corrected chi connectivity index (χ4v) is 3.57. The number of hydrogen-bond acceptors (Lipinski definition) is 6. The normalized spacial score (nSPS) is 13.1. The van der Waals surface area contributed by atoms with E-state index in [0.717, 1.165) is 17.2 Å². The summed E-state index contributed by atoms with van der Waals surface area (Å²) in [6.07, 6.45) is 0. The van der Waals surface area contributed by atoms with Crippen LogP contribution in [-0.2, 0) is 9.53 Å². The fraction of sp³-hybridized carbons (Fsp3) is 0.259. The SMILES string of the molecule is O=C(CNc1ccc(OCCOc2ccccc2)cc1)Nc1cccc(C(=O)N2CCOCC2)c1. The minimum Gasteiger partial charge on any atom is -0.490 e. The van der Waals surface area contributed by atoms with Gasteiger partial charge in [-0.1, -0.05) is 24.3 Å².